The molecule has 1 aromatic rings. The fourth-order valence-corrected chi connectivity index (χ4v) is 3.51. The molecule has 0 saturated heterocycles. The zero-order valence-corrected chi connectivity index (χ0v) is 13.1. The molecule has 1 aromatic heterocycles. The van der Waals surface area contributed by atoms with Crippen LogP contribution in [0.2, 0.25) is 5.02 Å². The lowest BCUT2D eigenvalue weighted by Gasteiger charge is -2.31. The molecular formula is C17H26ClNO. The monoisotopic (exact) mass is 295 g/mol. The highest BCUT2D eigenvalue weighted by Crippen LogP contribution is 2.34. The number of rotatable bonds is 6. The minimum Gasteiger partial charge on any atom is -0.392 e. The predicted molar refractivity (Wildman–Crippen MR) is 83.9 cm³/mol. The molecule has 112 valence electrons. The first-order valence-corrected chi connectivity index (χ1v) is 8.35. The van der Waals surface area contributed by atoms with E-state index >= 15 is 0 Å². The summed E-state index contributed by atoms with van der Waals surface area (Å²) in [6.07, 6.45) is 12.7. The van der Waals surface area contributed by atoms with Gasteiger partial charge in [0.15, 0.2) is 0 Å². The van der Waals surface area contributed by atoms with Crippen LogP contribution in [0.25, 0.3) is 0 Å². The lowest BCUT2D eigenvalue weighted by atomic mass is 9.76. The first-order valence-electron chi connectivity index (χ1n) is 7.97. The average molecular weight is 296 g/mol. The van der Waals surface area contributed by atoms with E-state index in [1.165, 1.54) is 32.1 Å². The van der Waals surface area contributed by atoms with E-state index in [4.69, 9.17) is 11.6 Å². The Morgan fingerprint density at radius 2 is 2.10 bits per heavy atom. The number of hydrogen-bond acceptors (Lipinski definition) is 2. The molecule has 1 heterocycles. The number of nitrogens with zero attached hydrogens (tertiary/aromatic N) is 1. The molecule has 1 aliphatic rings. The maximum Gasteiger partial charge on any atom is 0.0622 e. The van der Waals surface area contributed by atoms with E-state index in [0.29, 0.717) is 17.4 Å². The van der Waals surface area contributed by atoms with Crippen LogP contribution >= 0.6 is 11.6 Å². The normalized spacial score (nSPS) is 24.6. The lowest BCUT2D eigenvalue weighted by Crippen LogP contribution is -2.27. The van der Waals surface area contributed by atoms with Crippen LogP contribution in [0.5, 0.6) is 0 Å². The van der Waals surface area contributed by atoms with Gasteiger partial charge in [0, 0.05) is 18.8 Å². The summed E-state index contributed by atoms with van der Waals surface area (Å²) >= 11 is 6.11. The Hall–Kier alpha value is -0.600. The van der Waals surface area contributed by atoms with Gasteiger partial charge >= 0.3 is 0 Å². The second-order valence-electron chi connectivity index (χ2n) is 6.16. The molecule has 1 fully saturated rings. The molecule has 0 bridgehead atoms. The van der Waals surface area contributed by atoms with Crippen molar-refractivity contribution in [3.8, 4) is 0 Å². The summed E-state index contributed by atoms with van der Waals surface area (Å²) in [4.78, 5) is 3.99. The SMILES string of the molecule is CCCCC1CCC(C(O)Cc2ccncc2Cl)CC1. The molecule has 3 heteroatoms. The third-order valence-corrected chi connectivity index (χ3v) is 5.03. The zero-order valence-electron chi connectivity index (χ0n) is 12.4. The topological polar surface area (TPSA) is 33.1 Å². The quantitative estimate of drug-likeness (QED) is 0.829. The van der Waals surface area contributed by atoms with E-state index in [1.54, 1.807) is 12.4 Å². The summed E-state index contributed by atoms with van der Waals surface area (Å²) in [5.74, 6) is 1.33. The molecule has 1 unspecified atom stereocenters. The van der Waals surface area contributed by atoms with Gasteiger partial charge in [0.05, 0.1) is 11.1 Å². The van der Waals surface area contributed by atoms with Crippen molar-refractivity contribution in [3.63, 3.8) is 0 Å². The standard InChI is InChI=1S/C17H26ClNO/c1-2-3-4-13-5-7-14(8-6-13)17(20)11-15-9-10-19-12-16(15)18/h9-10,12-14,17,20H,2-8,11H2,1H3. The Morgan fingerprint density at radius 3 is 2.75 bits per heavy atom. The summed E-state index contributed by atoms with van der Waals surface area (Å²) in [6, 6.07) is 1.92. The van der Waals surface area contributed by atoms with Crippen LogP contribution in [0.15, 0.2) is 18.5 Å². The van der Waals surface area contributed by atoms with Crippen LogP contribution in [0.1, 0.15) is 57.4 Å². The lowest BCUT2D eigenvalue weighted by molar-refractivity contribution is 0.0726. The first-order chi connectivity index (χ1) is 9.70. The molecule has 1 aliphatic carbocycles. The van der Waals surface area contributed by atoms with Gasteiger partial charge < -0.3 is 5.11 Å². The molecular weight excluding hydrogens is 270 g/mol. The number of unbranched alkanes of at least 4 members (excludes halogenated alkanes) is 1. The minimum atomic E-state index is -0.262. The van der Waals surface area contributed by atoms with Crippen molar-refractivity contribution in [2.75, 3.05) is 0 Å². The van der Waals surface area contributed by atoms with Gasteiger partial charge in [0.2, 0.25) is 0 Å². The van der Waals surface area contributed by atoms with Gasteiger partial charge in [0.25, 0.3) is 0 Å². The predicted octanol–water partition coefficient (Wildman–Crippen LogP) is 4.64. The molecule has 1 saturated carbocycles. The van der Waals surface area contributed by atoms with E-state index in [0.717, 1.165) is 24.3 Å². The van der Waals surface area contributed by atoms with Gasteiger partial charge in [-0.15, -0.1) is 0 Å². The largest absolute Gasteiger partial charge is 0.392 e. The number of aliphatic hydroxyl groups is 1. The van der Waals surface area contributed by atoms with Crippen LogP contribution < -0.4 is 0 Å². The highest BCUT2D eigenvalue weighted by molar-refractivity contribution is 6.31. The van der Waals surface area contributed by atoms with Gasteiger partial charge in [-0.1, -0.05) is 50.6 Å². The van der Waals surface area contributed by atoms with Crippen molar-refractivity contribution in [2.24, 2.45) is 11.8 Å². The Kier molecular flexibility index (Phi) is 6.31. The zero-order chi connectivity index (χ0) is 14.4. The Balaban J connectivity index is 1.80. The Morgan fingerprint density at radius 1 is 1.35 bits per heavy atom. The van der Waals surface area contributed by atoms with Crippen molar-refractivity contribution in [2.45, 2.75) is 64.4 Å². The fourth-order valence-electron chi connectivity index (χ4n) is 3.32. The highest BCUT2D eigenvalue weighted by Gasteiger charge is 2.26. The molecule has 0 aliphatic heterocycles. The van der Waals surface area contributed by atoms with Crippen molar-refractivity contribution >= 4 is 11.6 Å². The number of aromatic nitrogens is 1. The molecule has 1 atom stereocenters. The molecule has 2 nitrogen and oxygen atoms in total. The number of halogens is 1. The second kappa shape index (κ2) is 7.99. The van der Waals surface area contributed by atoms with E-state index in [2.05, 4.69) is 11.9 Å². The summed E-state index contributed by atoms with van der Waals surface area (Å²) in [5, 5.41) is 11.1. The fraction of sp³-hybridized carbons (Fsp3) is 0.706. The third-order valence-electron chi connectivity index (χ3n) is 4.69. The second-order valence-corrected chi connectivity index (χ2v) is 6.57. The van der Waals surface area contributed by atoms with Crippen molar-refractivity contribution in [3.05, 3.63) is 29.0 Å². The molecule has 0 amide bonds. The van der Waals surface area contributed by atoms with E-state index < -0.39 is 0 Å². The van der Waals surface area contributed by atoms with Crippen molar-refractivity contribution in [1.82, 2.24) is 4.98 Å². The summed E-state index contributed by atoms with van der Waals surface area (Å²) in [6.45, 7) is 2.26. The van der Waals surface area contributed by atoms with Crippen LogP contribution in [-0.4, -0.2) is 16.2 Å². The smallest absolute Gasteiger partial charge is 0.0622 e. The molecule has 2 rings (SSSR count). The number of aliphatic hydroxyl groups excluding tert-OH is 1. The Bertz CT molecular complexity index is 402. The van der Waals surface area contributed by atoms with Crippen LogP contribution in [0, 0.1) is 11.8 Å². The minimum absolute atomic E-state index is 0.262. The third kappa shape index (κ3) is 4.46. The van der Waals surface area contributed by atoms with E-state index in [1.807, 2.05) is 6.07 Å². The number of hydrogen-bond donors (Lipinski definition) is 1. The van der Waals surface area contributed by atoms with E-state index in [-0.39, 0.29) is 6.10 Å². The maximum absolute atomic E-state index is 10.4. The summed E-state index contributed by atoms with van der Waals surface area (Å²) in [5.41, 5.74) is 1.02. The highest BCUT2D eigenvalue weighted by atomic mass is 35.5. The maximum atomic E-state index is 10.4. The van der Waals surface area contributed by atoms with Gasteiger partial charge in [-0.25, -0.2) is 0 Å². The molecule has 0 radical (unpaired) electrons. The molecule has 0 aromatic carbocycles. The van der Waals surface area contributed by atoms with Gasteiger partial charge in [-0.3, -0.25) is 4.98 Å². The average Bonchev–Trinajstić information content (AvgIpc) is 2.48. The van der Waals surface area contributed by atoms with Crippen molar-refractivity contribution < 1.29 is 5.11 Å². The molecule has 20 heavy (non-hydrogen) atoms. The first kappa shape index (κ1) is 15.8. The van der Waals surface area contributed by atoms with Gasteiger partial charge in [0.1, 0.15) is 0 Å². The van der Waals surface area contributed by atoms with Crippen molar-refractivity contribution in [1.29, 1.82) is 0 Å². The summed E-state index contributed by atoms with van der Waals surface area (Å²) < 4.78 is 0. The van der Waals surface area contributed by atoms with Crippen LogP contribution in [0.4, 0.5) is 0 Å². The molecule has 1 N–H and O–H groups in total. The van der Waals surface area contributed by atoms with Crippen LogP contribution in [0.3, 0.4) is 0 Å². The number of pyridine rings is 1. The molecule has 0 spiro atoms. The van der Waals surface area contributed by atoms with Gasteiger partial charge in [-0.2, -0.15) is 0 Å². The summed E-state index contributed by atoms with van der Waals surface area (Å²) in [7, 11) is 0. The Labute approximate surface area is 127 Å². The van der Waals surface area contributed by atoms with Gasteiger partial charge in [-0.05, 0) is 36.3 Å². The van der Waals surface area contributed by atoms with E-state index in [9.17, 15) is 5.11 Å². The van der Waals surface area contributed by atoms with Crippen LogP contribution in [-0.2, 0) is 6.42 Å².